The minimum absolute atomic E-state index is 0.263. The van der Waals surface area contributed by atoms with Crippen LogP contribution >= 0.6 is 11.8 Å². The van der Waals surface area contributed by atoms with E-state index in [0.29, 0.717) is 11.5 Å². The smallest absolute Gasteiger partial charge is 0.339 e. The maximum absolute atomic E-state index is 11.3. The van der Waals surface area contributed by atoms with Crippen molar-refractivity contribution in [3.05, 3.63) is 23.8 Å². The van der Waals surface area contributed by atoms with Crippen LogP contribution in [0.15, 0.2) is 23.1 Å². The van der Waals surface area contributed by atoms with E-state index < -0.39 is 12.1 Å². The van der Waals surface area contributed by atoms with Crippen molar-refractivity contribution < 1.29 is 19.4 Å². The Kier molecular flexibility index (Phi) is 3.36. The summed E-state index contributed by atoms with van der Waals surface area (Å²) in [5.41, 5.74) is 0.537. The number of aliphatic hydroxyl groups excluding tert-OH is 1. The molecule has 16 heavy (non-hydrogen) atoms. The summed E-state index contributed by atoms with van der Waals surface area (Å²) in [5, 5.41) is 9.73. The fourth-order valence-electron chi connectivity index (χ4n) is 1.44. The van der Waals surface area contributed by atoms with Crippen LogP contribution in [0.25, 0.3) is 0 Å². The van der Waals surface area contributed by atoms with Crippen LogP contribution in [0, 0.1) is 0 Å². The predicted octanol–water partition coefficient (Wildman–Crippen LogP) is 1.73. The second-order valence-electron chi connectivity index (χ2n) is 3.27. The van der Waals surface area contributed by atoms with Gasteiger partial charge < -0.3 is 14.6 Å². The Morgan fingerprint density at radius 3 is 3.25 bits per heavy atom. The summed E-state index contributed by atoms with van der Waals surface area (Å²) in [6.07, 6.45) is -1.22. The van der Waals surface area contributed by atoms with Gasteiger partial charge in [-0.3, -0.25) is 0 Å². The zero-order valence-electron chi connectivity index (χ0n) is 8.80. The molecule has 4 nitrogen and oxygen atoms in total. The van der Waals surface area contributed by atoms with Crippen LogP contribution in [-0.2, 0) is 9.53 Å². The highest BCUT2D eigenvalue weighted by molar-refractivity contribution is 7.99. The summed E-state index contributed by atoms with van der Waals surface area (Å²) >= 11 is 1.54. The lowest BCUT2D eigenvalue weighted by Crippen LogP contribution is -2.15. The van der Waals surface area contributed by atoms with Crippen molar-refractivity contribution in [1.29, 1.82) is 0 Å². The number of carbonyl (C=O) groups is 1. The van der Waals surface area contributed by atoms with Crippen molar-refractivity contribution in [2.75, 3.05) is 12.5 Å². The maximum Gasteiger partial charge on any atom is 0.339 e. The SMILES string of the molecule is CCOC(=O)C(O)c1ccc2c(c1)SCO2. The fraction of sp³-hybridized carbons (Fsp3) is 0.364. The largest absolute Gasteiger partial charge is 0.481 e. The minimum Gasteiger partial charge on any atom is -0.481 e. The van der Waals surface area contributed by atoms with E-state index in [1.54, 1.807) is 25.1 Å². The number of aliphatic hydroxyl groups is 1. The van der Waals surface area contributed by atoms with Gasteiger partial charge in [0, 0.05) is 0 Å². The standard InChI is InChI=1S/C11H12O4S/c1-2-14-11(13)10(12)7-3-4-8-9(5-7)16-6-15-8/h3-5,10,12H,2,6H2,1H3. The van der Waals surface area contributed by atoms with Crippen LogP contribution in [-0.4, -0.2) is 23.6 Å². The number of hydrogen-bond donors (Lipinski definition) is 1. The summed E-state index contributed by atoms with van der Waals surface area (Å²) in [6.45, 7) is 1.97. The highest BCUT2D eigenvalue weighted by atomic mass is 32.2. The molecule has 0 spiro atoms. The van der Waals surface area contributed by atoms with Gasteiger partial charge in [-0.05, 0) is 24.6 Å². The number of carbonyl (C=O) groups excluding carboxylic acids is 1. The highest BCUT2D eigenvalue weighted by Gasteiger charge is 2.21. The van der Waals surface area contributed by atoms with E-state index in [1.807, 2.05) is 0 Å². The van der Waals surface area contributed by atoms with E-state index >= 15 is 0 Å². The van der Waals surface area contributed by atoms with Gasteiger partial charge in [-0.2, -0.15) is 0 Å². The van der Waals surface area contributed by atoms with E-state index in [0.717, 1.165) is 10.6 Å². The van der Waals surface area contributed by atoms with Gasteiger partial charge in [0.2, 0.25) is 0 Å². The molecule has 1 aromatic rings. The average Bonchev–Trinajstić information content (AvgIpc) is 2.75. The molecule has 5 heteroatoms. The number of fused-ring (bicyclic) bond motifs is 1. The lowest BCUT2D eigenvalue weighted by atomic mass is 10.1. The van der Waals surface area contributed by atoms with Crippen LogP contribution < -0.4 is 4.74 Å². The van der Waals surface area contributed by atoms with Crippen LogP contribution in [0.5, 0.6) is 5.75 Å². The molecule has 86 valence electrons. The molecule has 0 radical (unpaired) electrons. The molecule has 0 saturated carbocycles. The molecule has 0 saturated heterocycles. The van der Waals surface area contributed by atoms with Crippen LogP contribution in [0.2, 0.25) is 0 Å². The Bertz CT molecular complexity index is 405. The Labute approximate surface area is 97.6 Å². The summed E-state index contributed by atoms with van der Waals surface area (Å²) in [4.78, 5) is 12.3. The van der Waals surface area contributed by atoms with E-state index in [-0.39, 0.29) is 6.61 Å². The van der Waals surface area contributed by atoms with Gasteiger partial charge in [0.05, 0.1) is 11.5 Å². The van der Waals surface area contributed by atoms with Crippen molar-refractivity contribution in [1.82, 2.24) is 0 Å². The summed E-state index contributed by atoms with van der Waals surface area (Å²) in [7, 11) is 0. The first-order valence-electron chi connectivity index (χ1n) is 4.96. The predicted molar refractivity (Wildman–Crippen MR) is 59.4 cm³/mol. The van der Waals surface area contributed by atoms with Gasteiger partial charge in [-0.1, -0.05) is 17.8 Å². The van der Waals surface area contributed by atoms with Crippen molar-refractivity contribution >= 4 is 17.7 Å². The van der Waals surface area contributed by atoms with Crippen molar-refractivity contribution in [2.24, 2.45) is 0 Å². The molecule has 0 aliphatic carbocycles. The van der Waals surface area contributed by atoms with Gasteiger partial charge in [0.1, 0.15) is 11.7 Å². The molecule has 0 fully saturated rings. The van der Waals surface area contributed by atoms with Gasteiger partial charge in [-0.25, -0.2) is 4.79 Å². The van der Waals surface area contributed by atoms with Crippen LogP contribution in [0.4, 0.5) is 0 Å². The second-order valence-corrected chi connectivity index (χ2v) is 4.23. The van der Waals surface area contributed by atoms with E-state index in [1.165, 1.54) is 11.8 Å². The first-order chi connectivity index (χ1) is 7.72. The molecule has 0 bridgehead atoms. The van der Waals surface area contributed by atoms with Crippen molar-refractivity contribution in [3.8, 4) is 5.75 Å². The third-order valence-corrected chi connectivity index (χ3v) is 3.09. The normalized spacial score (nSPS) is 15.1. The molecule has 1 unspecified atom stereocenters. The summed E-state index contributed by atoms with van der Waals surface area (Å²) in [5.74, 6) is 0.755. The molecule has 1 N–H and O–H groups in total. The molecule has 1 aliphatic rings. The van der Waals surface area contributed by atoms with Gasteiger partial charge >= 0.3 is 5.97 Å². The lowest BCUT2D eigenvalue weighted by molar-refractivity contribution is -0.153. The maximum atomic E-state index is 11.3. The Morgan fingerprint density at radius 1 is 1.69 bits per heavy atom. The number of rotatable bonds is 3. The zero-order valence-corrected chi connectivity index (χ0v) is 9.62. The second kappa shape index (κ2) is 4.76. The molecular formula is C11H12O4S. The first-order valence-corrected chi connectivity index (χ1v) is 5.95. The minimum atomic E-state index is -1.22. The molecule has 1 atom stereocenters. The summed E-state index contributed by atoms with van der Waals surface area (Å²) < 4.78 is 10.1. The number of esters is 1. The Balaban J connectivity index is 2.18. The average molecular weight is 240 g/mol. The van der Waals surface area contributed by atoms with Crippen LogP contribution in [0.1, 0.15) is 18.6 Å². The van der Waals surface area contributed by atoms with Gasteiger partial charge in [-0.15, -0.1) is 0 Å². The Morgan fingerprint density at radius 2 is 2.50 bits per heavy atom. The molecule has 0 amide bonds. The molecule has 2 rings (SSSR count). The first kappa shape index (κ1) is 11.3. The molecule has 1 heterocycles. The van der Waals surface area contributed by atoms with Crippen molar-refractivity contribution in [2.45, 2.75) is 17.9 Å². The topological polar surface area (TPSA) is 55.8 Å². The van der Waals surface area contributed by atoms with Gasteiger partial charge in [0.25, 0.3) is 0 Å². The zero-order chi connectivity index (χ0) is 11.5. The molecular weight excluding hydrogens is 228 g/mol. The Hall–Kier alpha value is -1.20. The molecule has 1 aromatic carbocycles. The quantitative estimate of drug-likeness (QED) is 0.815. The number of thioether (sulfide) groups is 1. The number of benzene rings is 1. The summed E-state index contributed by atoms with van der Waals surface area (Å²) in [6, 6.07) is 5.19. The third-order valence-electron chi connectivity index (χ3n) is 2.22. The lowest BCUT2D eigenvalue weighted by Gasteiger charge is -2.10. The van der Waals surface area contributed by atoms with Gasteiger partial charge in [0.15, 0.2) is 6.10 Å². The monoisotopic (exact) mass is 240 g/mol. The van der Waals surface area contributed by atoms with E-state index in [4.69, 9.17) is 9.47 Å². The number of hydrogen-bond acceptors (Lipinski definition) is 5. The van der Waals surface area contributed by atoms with E-state index in [2.05, 4.69) is 0 Å². The van der Waals surface area contributed by atoms with E-state index in [9.17, 15) is 9.90 Å². The van der Waals surface area contributed by atoms with Crippen molar-refractivity contribution in [3.63, 3.8) is 0 Å². The molecule has 1 aliphatic heterocycles. The highest BCUT2D eigenvalue weighted by Crippen LogP contribution is 2.37. The third kappa shape index (κ3) is 2.15. The fourth-order valence-corrected chi connectivity index (χ4v) is 2.24. The number of ether oxygens (including phenoxy) is 2. The molecule has 0 aromatic heterocycles. The van der Waals surface area contributed by atoms with Crippen LogP contribution in [0.3, 0.4) is 0 Å².